The summed E-state index contributed by atoms with van der Waals surface area (Å²) in [5, 5.41) is 9.60. The normalized spacial score (nSPS) is 26.4. The summed E-state index contributed by atoms with van der Waals surface area (Å²) in [6.07, 6.45) is 16.4. The molecule has 1 aliphatic heterocycles. The van der Waals surface area contributed by atoms with Crippen molar-refractivity contribution in [2.45, 2.75) is 75.8 Å². The van der Waals surface area contributed by atoms with Crippen LogP contribution < -0.4 is 0 Å². The third kappa shape index (κ3) is 4.24. The fourth-order valence-corrected chi connectivity index (χ4v) is 6.73. The number of allylic oxidation sites excluding steroid dienone is 4. The number of hydrogen-bond donors (Lipinski definition) is 0. The third-order valence-electron chi connectivity index (χ3n) is 8.49. The van der Waals surface area contributed by atoms with Crippen molar-refractivity contribution < 1.29 is 9.53 Å². The zero-order chi connectivity index (χ0) is 23.8. The molecule has 2 unspecified atom stereocenters. The Hall–Kier alpha value is -2.79. The lowest BCUT2D eigenvalue weighted by atomic mass is 9.82. The molecule has 2 aromatic rings. The van der Waals surface area contributed by atoms with E-state index in [2.05, 4.69) is 53.8 Å². The molecule has 1 saturated heterocycles. The maximum absolute atomic E-state index is 12.4. The van der Waals surface area contributed by atoms with E-state index in [0.29, 0.717) is 6.04 Å². The van der Waals surface area contributed by atoms with Crippen LogP contribution in [0.15, 0.2) is 53.6 Å². The molecule has 0 amide bonds. The number of ether oxygens (including phenoxy) is 1. The van der Waals surface area contributed by atoms with E-state index in [4.69, 9.17) is 14.9 Å². The van der Waals surface area contributed by atoms with Crippen molar-refractivity contribution in [1.29, 1.82) is 0 Å². The van der Waals surface area contributed by atoms with Gasteiger partial charge in [-0.05, 0) is 93.5 Å². The van der Waals surface area contributed by atoms with Gasteiger partial charge in [-0.15, -0.1) is 5.10 Å². The first-order valence-corrected chi connectivity index (χ1v) is 13.2. The molecule has 181 valence electrons. The highest BCUT2D eigenvalue weighted by Gasteiger charge is 2.37. The fraction of sp³-hybridized carbons (Fsp3) is 0.467. The number of benzene rings is 1. The summed E-state index contributed by atoms with van der Waals surface area (Å²) in [7, 11) is 1.51. The van der Waals surface area contributed by atoms with Crippen LogP contribution in [0.4, 0.5) is 0 Å². The van der Waals surface area contributed by atoms with E-state index in [9.17, 15) is 4.79 Å². The minimum Gasteiger partial charge on any atom is -0.468 e. The largest absolute Gasteiger partial charge is 0.468 e. The average Bonchev–Trinajstić information content (AvgIpc) is 3.18. The van der Waals surface area contributed by atoms with Gasteiger partial charge in [-0.2, -0.15) is 5.10 Å². The number of nitrogens with zero attached hydrogens (tertiary/aromatic N) is 3. The van der Waals surface area contributed by atoms with Gasteiger partial charge in [-0.3, -0.25) is 9.69 Å². The van der Waals surface area contributed by atoms with Crippen molar-refractivity contribution in [3.05, 3.63) is 76.9 Å². The predicted molar refractivity (Wildman–Crippen MR) is 137 cm³/mol. The molecule has 6 rings (SSSR count). The number of fused-ring (bicyclic) bond motifs is 3. The van der Waals surface area contributed by atoms with Gasteiger partial charge in [0.1, 0.15) is 6.04 Å². The molecule has 0 bridgehead atoms. The summed E-state index contributed by atoms with van der Waals surface area (Å²) in [4.78, 5) is 14.8. The molecule has 2 heterocycles. The molecule has 3 atom stereocenters. The summed E-state index contributed by atoms with van der Waals surface area (Å²) in [6.45, 7) is 0.998. The Kier molecular flexibility index (Phi) is 6.28. The number of aromatic nitrogens is 2. The molecule has 1 radical (unpaired) electrons. The highest BCUT2D eigenvalue weighted by molar-refractivity contribution is 5.76. The summed E-state index contributed by atoms with van der Waals surface area (Å²) < 4.78 is 5.11. The van der Waals surface area contributed by atoms with Gasteiger partial charge in [0.05, 0.1) is 18.5 Å². The number of likely N-dealkylation sites (tertiary alicyclic amines) is 1. The van der Waals surface area contributed by atoms with E-state index in [1.54, 1.807) is 0 Å². The molecule has 1 aromatic heterocycles. The number of methoxy groups -OCH3 is 1. The van der Waals surface area contributed by atoms with Crippen LogP contribution in [0.25, 0.3) is 11.3 Å². The standard InChI is InChI=1S/C30H34N3O2/c1-35-30(34)28-13-6-18-33(28)23-15-14-21-9-5-12-26(24(21)17-16-23)27-19-22-10-4-8-20-7-2-3-11-25(20)29(22)32-31-27/h2-3,5,7,9,11-12,19,23,26,28H,4,6,8,10,13-18H2,1H3/t23?,26?,28-/m0/s1. The van der Waals surface area contributed by atoms with Crippen LogP contribution in [0.5, 0.6) is 0 Å². The highest BCUT2D eigenvalue weighted by atomic mass is 16.5. The molecular formula is C30H34N3O2. The van der Waals surface area contributed by atoms with E-state index in [1.807, 2.05) is 0 Å². The first kappa shape index (κ1) is 22.7. The molecule has 1 fully saturated rings. The lowest BCUT2D eigenvalue weighted by Crippen LogP contribution is -2.43. The van der Waals surface area contributed by atoms with Gasteiger partial charge in [0, 0.05) is 17.5 Å². The molecule has 0 saturated carbocycles. The van der Waals surface area contributed by atoms with E-state index in [-0.39, 0.29) is 17.9 Å². The molecule has 5 nitrogen and oxygen atoms in total. The SMILES string of the molecule is COC(=O)[C@@H]1CCCN1C1CCC2=C(CC1)C(c1cc3c(nn1)-c1ccccc1CCC3)[CH]C=C2. The smallest absolute Gasteiger partial charge is 0.323 e. The molecule has 5 heteroatoms. The van der Waals surface area contributed by atoms with Gasteiger partial charge in [-0.25, -0.2) is 0 Å². The maximum atomic E-state index is 12.4. The first-order chi connectivity index (χ1) is 17.2. The van der Waals surface area contributed by atoms with E-state index >= 15 is 0 Å². The number of esters is 1. The van der Waals surface area contributed by atoms with Crippen LogP contribution >= 0.6 is 0 Å². The number of hydrogen-bond acceptors (Lipinski definition) is 5. The van der Waals surface area contributed by atoms with Crippen molar-refractivity contribution in [1.82, 2.24) is 15.1 Å². The Morgan fingerprint density at radius 2 is 1.86 bits per heavy atom. The third-order valence-corrected chi connectivity index (χ3v) is 8.49. The zero-order valence-corrected chi connectivity index (χ0v) is 20.6. The van der Waals surface area contributed by atoms with Crippen LogP contribution in [-0.2, 0) is 22.4 Å². The van der Waals surface area contributed by atoms with Crippen molar-refractivity contribution in [3.8, 4) is 11.3 Å². The fourth-order valence-electron chi connectivity index (χ4n) is 6.73. The van der Waals surface area contributed by atoms with Gasteiger partial charge < -0.3 is 4.74 Å². The van der Waals surface area contributed by atoms with Crippen LogP contribution in [-0.4, -0.2) is 46.8 Å². The Bertz CT molecular complexity index is 1180. The quantitative estimate of drug-likeness (QED) is 0.567. The van der Waals surface area contributed by atoms with Crippen LogP contribution in [0.1, 0.15) is 67.7 Å². The van der Waals surface area contributed by atoms with E-state index in [0.717, 1.165) is 75.7 Å². The van der Waals surface area contributed by atoms with Gasteiger partial charge in [0.15, 0.2) is 0 Å². The lowest BCUT2D eigenvalue weighted by Gasteiger charge is -2.31. The van der Waals surface area contributed by atoms with Crippen molar-refractivity contribution in [2.24, 2.45) is 0 Å². The molecule has 35 heavy (non-hydrogen) atoms. The number of aryl methyl sites for hydroxylation is 2. The Morgan fingerprint density at radius 3 is 2.77 bits per heavy atom. The van der Waals surface area contributed by atoms with Crippen molar-refractivity contribution in [2.75, 3.05) is 13.7 Å². The van der Waals surface area contributed by atoms with E-state index < -0.39 is 0 Å². The second kappa shape index (κ2) is 9.69. The van der Waals surface area contributed by atoms with Crippen molar-refractivity contribution in [3.63, 3.8) is 0 Å². The highest BCUT2D eigenvalue weighted by Crippen LogP contribution is 2.42. The average molecular weight is 469 g/mol. The topological polar surface area (TPSA) is 55.3 Å². The lowest BCUT2D eigenvalue weighted by molar-refractivity contribution is -0.146. The van der Waals surface area contributed by atoms with Crippen molar-refractivity contribution >= 4 is 5.97 Å². The number of carbonyl (C=O) groups is 1. The maximum Gasteiger partial charge on any atom is 0.323 e. The molecule has 0 N–H and O–H groups in total. The van der Waals surface area contributed by atoms with Crippen LogP contribution in [0.2, 0.25) is 0 Å². The number of rotatable bonds is 3. The Labute approximate surface area is 208 Å². The monoisotopic (exact) mass is 468 g/mol. The van der Waals surface area contributed by atoms with Gasteiger partial charge in [0.2, 0.25) is 0 Å². The first-order valence-electron chi connectivity index (χ1n) is 13.2. The predicted octanol–water partition coefficient (Wildman–Crippen LogP) is 5.37. The Morgan fingerprint density at radius 1 is 1.00 bits per heavy atom. The van der Waals surface area contributed by atoms with Gasteiger partial charge >= 0.3 is 5.97 Å². The summed E-state index contributed by atoms with van der Waals surface area (Å²) in [6, 6.07) is 11.3. The summed E-state index contributed by atoms with van der Waals surface area (Å²) in [5.41, 5.74) is 9.04. The summed E-state index contributed by atoms with van der Waals surface area (Å²) in [5.74, 6) is 0.123. The molecular weight excluding hydrogens is 434 g/mol. The summed E-state index contributed by atoms with van der Waals surface area (Å²) >= 11 is 0. The van der Waals surface area contributed by atoms with Gasteiger partial charge in [-0.1, -0.05) is 42.0 Å². The minimum absolute atomic E-state index is 0.0719. The molecule has 0 spiro atoms. The Balaban J connectivity index is 1.25. The molecule has 3 aliphatic carbocycles. The van der Waals surface area contributed by atoms with Crippen LogP contribution in [0, 0.1) is 6.42 Å². The van der Waals surface area contributed by atoms with Gasteiger partial charge in [0.25, 0.3) is 0 Å². The second-order valence-corrected chi connectivity index (χ2v) is 10.4. The zero-order valence-electron chi connectivity index (χ0n) is 20.6. The van der Waals surface area contributed by atoms with E-state index in [1.165, 1.54) is 34.9 Å². The molecule has 1 aromatic carbocycles. The molecule has 4 aliphatic rings. The van der Waals surface area contributed by atoms with Crippen LogP contribution in [0.3, 0.4) is 0 Å². The second-order valence-electron chi connectivity index (χ2n) is 10.4. The number of carbonyl (C=O) groups excluding carboxylic acids is 1. The minimum atomic E-state index is -0.0728.